The summed E-state index contributed by atoms with van der Waals surface area (Å²) in [5.41, 5.74) is 2.69. The van der Waals surface area contributed by atoms with Gasteiger partial charge in [0.25, 0.3) is 0 Å². The number of hydrogen-bond acceptors (Lipinski definition) is 3. The van der Waals surface area contributed by atoms with Crippen LogP contribution in [0.2, 0.25) is 0 Å². The van der Waals surface area contributed by atoms with Crippen LogP contribution in [0.3, 0.4) is 0 Å². The molecule has 0 aliphatic carbocycles. The second-order valence-electron chi connectivity index (χ2n) is 7.13. The second-order valence-corrected chi connectivity index (χ2v) is 9.19. The van der Waals surface area contributed by atoms with Crippen LogP contribution in [0.5, 0.6) is 0 Å². The highest BCUT2D eigenvalue weighted by atomic mass is 32.2. The fraction of sp³-hybridized carbons (Fsp3) is 0.381. The quantitative estimate of drug-likeness (QED) is 0.700. The third-order valence-electron chi connectivity index (χ3n) is 4.47. The molecule has 0 spiro atoms. The molecule has 0 saturated carbocycles. The number of rotatable bonds is 9. The van der Waals surface area contributed by atoms with E-state index in [1.807, 2.05) is 44.2 Å². The van der Waals surface area contributed by atoms with E-state index >= 15 is 0 Å². The molecule has 2 rings (SSSR count). The van der Waals surface area contributed by atoms with Crippen molar-refractivity contribution in [3.63, 3.8) is 0 Å². The van der Waals surface area contributed by atoms with Crippen LogP contribution in [0.25, 0.3) is 0 Å². The fourth-order valence-electron chi connectivity index (χ4n) is 2.77. The minimum Gasteiger partial charge on any atom is -0.352 e. The SMILES string of the molecule is Cc1ccc(N(CC(=O)NC(C)CCc2ccccc2)S(=O)(=O)N(C)C)cc1. The number of amides is 1. The molecule has 2 aromatic rings. The molecule has 1 unspecified atom stereocenters. The van der Waals surface area contributed by atoms with E-state index in [0.717, 1.165) is 27.0 Å². The summed E-state index contributed by atoms with van der Waals surface area (Å²) < 4.78 is 27.7. The van der Waals surface area contributed by atoms with Gasteiger partial charge in [-0.15, -0.1) is 0 Å². The number of nitrogens with zero attached hydrogens (tertiary/aromatic N) is 2. The summed E-state index contributed by atoms with van der Waals surface area (Å²) in [6, 6.07) is 17.1. The van der Waals surface area contributed by atoms with Gasteiger partial charge in [-0.1, -0.05) is 48.0 Å². The molecule has 0 aliphatic heterocycles. The van der Waals surface area contributed by atoms with Crippen LogP contribution in [0.4, 0.5) is 5.69 Å². The van der Waals surface area contributed by atoms with E-state index in [2.05, 4.69) is 17.4 Å². The van der Waals surface area contributed by atoms with Gasteiger partial charge in [-0.05, 0) is 44.4 Å². The average Bonchev–Trinajstić information content (AvgIpc) is 2.66. The first kappa shape index (κ1) is 21.9. The Kier molecular flexibility index (Phi) is 7.60. The molecule has 1 amide bonds. The van der Waals surface area contributed by atoms with Crippen LogP contribution < -0.4 is 9.62 Å². The Morgan fingerprint density at radius 1 is 1.04 bits per heavy atom. The van der Waals surface area contributed by atoms with Crippen molar-refractivity contribution in [2.75, 3.05) is 24.9 Å². The number of anilines is 1. The molecule has 0 fully saturated rings. The largest absolute Gasteiger partial charge is 0.352 e. The highest BCUT2D eigenvalue weighted by molar-refractivity contribution is 7.90. The molecule has 7 heteroatoms. The van der Waals surface area contributed by atoms with Crippen LogP contribution in [0.15, 0.2) is 54.6 Å². The van der Waals surface area contributed by atoms with Gasteiger partial charge in [0.05, 0.1) is 5.69 Å². The molecule has 0 radical (unpaired) electrons. The molecule has 0 aromatic heterocycles. The summed E-state index contributed by atoms with van der Waals surface area (Å²) in [6.07, 6.45) is 1.63. The van der Waals surface area contributed by atoms with E-state index in [4.69, 9.17) is 0 Å². The molecular formula is C21H29N3O3S. The number of benzene rings is 2. The first-order chi connectivity index (χ1) is 13.2. The van der Waals surface area contributed by atoms with Gasteiger partial charge in [0.15, 0.2) is 0 Å². The fourth-order valence-corrected chi connectivity index (χ4v) is 3.83. The molecule has 0 bridgehead atoms. The van der Waals surface area contributed by atoms with E-state index < -0.39 is 10.2 Å². The summed E-state index contributed by atoms with van der Waals surface area (Å²) in [4.78, 5) is 12.5. The maximum atomic E-state index is 12.7. The Bertz CT molecular complexity index is 866. The van der Waals surface area contributed by atoms with Gasteiger partial charge in [-0.2, -0.15) is 12.7 Å². The molecule has 6 nitrogen and oxygen atoms in total. The Balaban J connectivity index is 2.04. The Hall–Kier alpha value is -2.38. The van der Waals surface area contributed by atoms with Gasteiger partial charge in [0, 0.05) is 20.1 Å². The van der Waals surface area contributed by atoms with E-state index in [9.17, 15) is 13.2 Å². The van der Waals surface area contributed by atoms with Gasteiger partial charge in [-0.25, -0.2) is 4.31 Å². The van der Waals surface area contributed by atoms with Crippen LogP contribution >= 0.6 is 0 Å². The molecule has 2 aromatic carbocycles. The summed E-state index contributed by atoms with van der Waals surface area (Å²) in [6.45, 7) is 3.59. The standard InChI is InChI=1S/C21H29N3O3S/c1-17-10-14-20(15-11-17)24(28(26,27)23(3)4)16-21(25)22-18(2)12-13-19-8-6-5-7-9-19/h5-11,14-15,18H,12-13,16H2,1-4H3,(H,22,25). The monoisotopic (exact) mass is 403 g/mol. The highest BCUT2D eigenvalue weighted by Crippen LogP contribution is 2.20. The van der Waals surface area contributed by atoms with Crippen molar-refractivity contribution >= 4 is 21.8 Å². The lowest BCUT2D eigenvalue weighted by atomic mass is 10.1. The molecule has 152 valence electrons. The van der Waals surface area contributed by atoms with Crippen molar-refractivity contribution in [2.45, 2.75) is 32.7 Å². The topological polar surface area (TPSA) is 69.7 Å². The average molecular weight is 404 g/mol. The van der Waals surface area contributed by atoms with E-state index in [-0.39, 0.29) is 18.5 Å². The minimum absolute atomic E-state index is 0.0605. The summed E-state index contributed by atoms with van der Waals surface area (Å²) >= 11 is 0. The molecule has 0 heterocycles. The van der Waals surface area contributed by atoms with Gasteiger partial charge < -0.3 is 5.32 Å². The Morgan fingerprint density at radius 3 is 2.21 bits per heavy atom. The van der Waals surface area contributed by atoms with Crippen molar-refractivity contribution < 1.29 is 13.2 Å². The van der Waals surface area contributed by atoms with Gasteiger partial charge in [0.1, 0.15) is 6.54 Å². The third-order valence-corrected chi connectivity index (χ3v) is 6.29. The highest BCUT2D eigenvalue weighted by Gasteiger charge is 2.27. The third kappa shape index (κ3) is 6.07. The zero-order valence-corrected chi connectivity index (χ0v) is 17.7. The second kappa shape index (κ2) is 9.71. The number of carbonyl (C=O) groups is 1. The van der Waals surface area contributed by atoms with Crippen LogP contribution in [-0.2, 0) is 21.4 Å². The van der Waals surface area contributed by atoms with Crippen molar-refractivity contribution in [1.82, 2.24) is 9.62 Å². The predicted octanol–water partition coefficient (Wildman–Crippen LogP) is 2.75. The Labute approximate surface area is 168 Å². The Morgan fingerprint density at radius 2 is 1.64 bits per heavy atom. The lowest BCUT2D eigenvalue weighted by Crippen LogP contribution is -2.47. The van der Waals surface area contributed by atoms with Crippen molar-refractivity contribution in [1.29, 1.82) is 0 Å². The van der Waals surface area contributed by atoms with E-state index in [1.54, 1.807) is 12.1 Å². The van der Waals surface area contributed by atoms with E-state index in [0.29, 0.717) is 5.69 Å². The number of nitrogens with one attached hydrogen (secondary N) is 1. The lowest BCUT2D eigenvalue weighted by Gasteiger charge is -2.27. The van der Waals surface area contributed by atoms with Crippen LogP contribution in [0.1, 0.15) is 24.5 Å². The molecule has 0 saturated heterocycles. The summed E-state index contributed by atoms with van der Waals surface area (Å²) in [5.74, 6) is -0.327. The minimum atomic E-state index is -3.79. The molecule has 28 heavy (non-hydrogen) atoms. The smallest absolute Gasteiger partial charge is 0.304 e. The zero-order valence-electron chi connectivity index (χ0n) is 16.9. The number of aryl methyl sites for hydroxylation is 2. The van der Waals surface area contributed by atoms with Crippen molar-refractivity contribution in [2.24, 2.45) is 0 Å². The number of hydrogen-bond donors (Lipinski definition) is 1. The molecule has 1 atom stereocenters. The van der Waals surface area contributed by atoms with Crippen molar-refractivity contribution in [3.05, 3.63) is 65.7 Å². The summed E-state index contributed by atoms with van der Waals surface area (Å²) in [5, 5.41) is 2.91. The van der Waals surface area contributed by atoms with Gasteiger partial charge in [0.2, 0.25) is 5.91 Å². The molecule has 0 aliphatic rings. The van der Waals surface area contributed by atoms with Gasteiger partial charge >= 0.3 is 10.2 Å². The van der Waals surface area contributed by atoms with Crippen LogP contribution in [-0.4, -0.2) is 45.3 Å². The van der Waals surface area contributed by atoms with Crippen LogP contribution in [0, 0.1) is 6.92 Å². The maximum Gasteiger partial charge on any atom is 0.304 e. The normalized spacial score (nSPS) is 12.6. The zero-order chi connectivity index (χ0) is 20.7. The number of carbonyl (C=O) groups excluding carboxylic acids is 1. The van der Waals surface area contributed by atoms with Crippen molar-refractivity contribution in [3.8, 4) is 0 Å². The maximum absolute atomic E-state index is 12.7. The first-order valence-corrected chi connectivity index (χ1v) is 10.7. The van der Waals surface area contributed by atoms with E-state index in [1.165, 1.54) is 19.7 Å². The van der Waals surface area contributed by atoms with Gasteiger partial charge in [-0.3, -0.25) is 4.79 Å². The molecule has 1 N–H and O–H groups in total. The summed E-state index contributed by atoms with van der Waals surface area (Å²) in [7, 11) is -0.875. The first-order valence-electron chi connectivity index (χ1n) is 9.30. The molecular weight excluding hydrogens is 374 g/mol. The predicted molar refractivity (Wildman–Crippen MR) is 113 cm³/mol. The lowest BCUT2D eigenvalue weighted by molar-refractivity contribution is -0.120.